The Labute approximate surface area is 360 Å². The maximum atomic E-state index is 2.34. The average Bonchev–Trinajstić information content (AvgIpc) is 3.21. The van der Waals surface area contributed by atoms with Gasteiger partial charge in [0.2, 0.25) is 0 Å². The van der Waals surface area contributed by atoms with E-state index in [2.05, 4.69) is 27.7 Å². The molecule has 0 N–H and O–H groups in total. The summed E-state index contributed by atoms with van der Waals surface area (Å²) in [5.41, 5.74) is 0. The van der Waals surface area contributed by atoms with Crippen molar-refractivity contribution in [1.82, 2.24) is 0 Å². The van der Waals surface area contributed by atoms with Gasteiger partial charge in [0.25, 0.3) is 0 Å². The predicted octanol–water partition coefficient (Wildman–Crippen LogP) is 21.2. The SMILES string of the molecule is CCCCCCCCCCCCCCCCCCC[PH](CCCCCCCCCCCC)(CCCCCCCCCCCC)CCCCCCCCCCCC. The fourth-order valence-electron chi connectivity index (χ4n) is 9.94. The summed E-state index contributed by atoms with van der Waals surface area (Å²) in [5.74, 6) is 0. The molecule has 0 nitrogen and oxygen atoms in total. The Morgan fingerprint density at radius 2 is 0.250 bits per heavy atom. The van der Waals surface area contributed by atoms with Crippen LogP contribution in [0.5, 0.6) is 0 Å². The van der Waals surface area contributed by atoms with Crippen molar-refractivity contribution in [2.45, 2.75) is 329 Å². The van der Waals surface area contributed by atoms with Gasteiger partial charge in [-0.2, -0.15) is 0 Å². The van der Waals surface area contributed by atoms with E-state index in [1.807, 2.05) is 0 Å². The molecular formula is C55H115P. The van der Waals surface area contributed by atoms with E-state index in [0.717, 1.165) is 0 Å². The fraction of sp³-hybridized carbons (Fsp3) is 1.00. The molecule has 0 aliphatic heterocycles. The van der Waals surface area contributed by atoms with E-state index in [0.29, 0.717) is 0 Å². The molecule has 0 saturated heterocycles. The van der Waals surface area contributed by atoms with Gasteiger partial charge in [0.05, 0.1) is 0 Å². The first-order valence-corrected chi connectivity index (χ1v) is 30.6. The fourth-order valence-corrected chi connectivity index (χ4v) is 15.4. The minimum atomic E-state index is -1.18. The van der Waals surface area contributed by atoms with E-state index in [-0.39, 0.29) is 0 Å². The van der Waals surface area contributed by atoms with Gasteiger partial charge in [0.15, 0.2) is 0 Å². The van der Waals surface area contributed by atoms with Gasteiger partial charge in [-0.25, -0.2) is 0 Å². The molecule has 0 fully saturated rings. The number of unbranched alkanes of at least 4 members (excludes halogenated alkanes) is 43. The standard InChI is InChI=1S/C55H115P/c1-5-9-13-17-21-25-29-30-31-32-33-34-35-39-43-47-51-55-56(52-48-44-40-36-26-22-18-14-10-6-2,53-49-45-41-37-27-23-19-15-11-7-3)54-50-46-42-38-28-24-20-16-12-8-4/h56H,5-55H2,1-4H3. The molecule has 0 spiro atoms. The molecule has 1 heteroatoms. The van der Waals surface area contributed by atoms with Crippen LogP contribution in [0.3, 0.4) is 0 Å². The van der Waals surface area contributed by atoms with Crippen molar-refractivity contribution < 1.29 is 0 Å². The Bertz CT molecular complexity index is 610. The quantitative estimate of drug-likeness (QED) is 0.0424. The molecular weight excluding hydrogens is 692 g/mol. The molecule has 0 aromatic rings. The van der Waals surface area contributed by atoms with Crippen molar-refractivity contribution in [2.75, 3.05) is 24.6 Å². The first-order valence-electron chi connectivity index (χ1n) is 27.7. The van der Waals surface area contributed by atoms with E-state index >= 15 is 0 Å². The number of rotatable bonds is 51. The molecule has 0 rings (SSSR count). The molecule has 0 aliphatic rings. The van der Waals surface area contributed by atoms with Crippen LogP contribution < -0.4 is 0 Å². The third-order valence-electron chi connectivity index (χ3n) is 14.0. The Morgan fingerprint density at radius 1 is 0.143 bits per heavy atom. The van der Waals surface area contributed by atoms with Crippen LogP contribution in [-0.2, 0) is 0 Å². The summed E-state index contributed by atoms with van der Waals surface area (Å²) in [5, 5.41) is 0. The summed E-state index contributed by atoms with van der Waals surface area (Å²) in [6.45, 7) is 9.36. The Morgan fingerprint density at radius 3 is 0.375 bits per heavy atom. The van der Waals surface area contributed by atoms with Gasteiger partial charge in [-0.1, -0.05) is 45.4 Å². The molecule has 0 radical (unpaired) electrons. The summed E-state index contributed by atoms with van der Waals surface area (Å²) in [6, 6.07) is 0. The minimum absolute atomic E-state index is 1.18. The Balaban J connectivity index is 4.77. The van der Waals surface area contributed by atoms with Gasteiger partial charge < -0.3 is 0 Å². The molecule has 0 aliphatic carbocycles. The molecule has 56 heavy (non-hydrogen) atoms. The summed E-state index contributed by atoms with van der Waals surface area (Å²) in [4.78, 5) is 0. The van der Waals surface area contributed by atoms with Crippen LogP contribution in [0.15, 0.2) is 0 Å². The molecule has 0 atom stereocenters. The Hall–Kier alpha value is 0.430. The molecule has 0 aromatic heterocycles. The monoisotopic (exact) mass is 807 g/mol. The maximum absolute atomic E-state index is 2.34. The molecule has 0 amide bonds. The number of hydrogen-bond donors (Lipinski definition) is 0. The van der Waals surface area contributed by atoms with Gasteiger partial charge in [0, 0.05) is 0 Å². The zero-order chi connectivity index (χ0) is 40.6. The molecule has 0 unspecified atom stereocenters. The van der Waals surface area contributed by atoms with Crippen LogP contribution >= 0.6 is 7.26 Å². The van der Waals surface area contributed by atoms with Crippen molar-refractivity contribution in [2.24, 2.45) is 0 Å². The first-order chi connectivity index (χ1) is 27.7. The third-order valence-corrected chi connectivity index (χ3v) is 19.6. The van der Waals surface area contributed by atoms with Crippen LogP contribution in [0.25, 0.3) is 0 Å². The predicted molar refractivity (Wildman–Crippen MR) is 267 cm³/mol. The summed E-state index contributed by atoms with van der Waals surface area (Å²) in [6.07, 6.45) is 77.0. The summed E-state index contributed by atoms with van der Waals surface area (Å²) >= 11 is 0. The van der Waals surface area contributed by atoms with E-state index in [4.69, 9.17) is 0 Å². The molecule has 0 heterocycles. The molecule has 0 aromatic carbocycles. The van der Waals surface area contributed by atoms with E-state index < -0.39 is 7.26 Å². The average molecular weight is 807 g/mol. The zero-order valence-corrected chi connectivity index (χ0v) is 41.6. The van der Waals surface area contributed by atoms with Crippen LogP contribution in [0.4, 0.5) is 0 Å². The van der Waals surface area contributed by atoms with E-state index in [1.165, 1.54) is 250 Å². The summed E-state index contributed by atoms with van der Waals surface area (Å²) < 4.78 is 0. The summed E-state index contributed by atoms with van der Waals surface area (Å²) in [7, 11) is -1.18. The van der Waals surface area contributed by atoms with Crippen molar-refractivity contribution in [3.05, 3.63) is 0 Å². The van der Waals surface area contributed by atoms with Gasteiger partial charge in [0.1, 0.15) is 0 Å². The Kier molecular flexibility index (Phi) is 50.2. The zero-order valence-electron chi connectivity index (χ0n) is 40.6. The second-order valence-corrected chi connectivity index (χ2v) is 24.7. The van der Waals surface area contributed by atoms with E-state index in [9.17, 15) is 0 Å². The van der Waals surface area contributed by atoms with Gasteiger partial charge in [-0.3, -0.25) is 0 Å². The van der Waals surface area contributed by atoms with Gasteiger partial charge in [-0.15, -0.1) is 0 Å². The van der Waals surface area contributed by atoms with E-state index in [1.54, 1.807) is 76.0 Å². The van der Waals surface area contributed by atoms with Gasteiger partial charge in [-0.05, 0) is 0 Å². The van der Waals surface area contributed by atoms with Crippen LogP contribution in [0, 0.1) is 0 Å². The van der Waals surface area contributed by atoms with Gasteiger partial charge >= 0.3 is 316 Å². The van der Waals surface area contributed by atoms with Crippen LogP contribution in [-0.4, -0.2) is 24.6 Å². The second kappa shape index (κ2) is 49.8. The first kappa shape index (κ1) is 56.4. The third kappa shape index (κ3) is 44.0. The van der Waals surface area contributed by atoms with Crippen molar-refractivity contribution in [3.8, 4) is 0 Å². The van der Waals surface area contributed by atoms with Crippen molar-refractivity contribution in [1.29, 1.82) is 0 Å². The molecule has 340 valence electrons. The molecule has 0 saturated carbocycles. The second-order valence-electron chi connectivity index (χ2n) is 19.7. The van der Waals surface area contributed by atoms with Crippen LogP contribution in [0.2, 0.25) is 0 Å². The topological polar surface area (TPSA) is 0 Å². The van der Waals surface area contributed by atoms with Crippen molar-refractivity contribution in [3.63, 3.8) is 0 Å². The van der Waals surface area contributed by atoms with Crippen molar-refractivity contribution >= 4 is 7.26 Å². The van der Waals surface area contributed by atoms with Crippen LogP contribution in [0.1, 0.15) is 329 Å². The number of hydrogen-bond acceptors (Lipinski definition) is 0. The molecule has 0 bridgehead atoms. The normalized spacial score (nSPS) is 12.3.